The Bertz CT molecular complexity index is 683. The molecule has 5 heteroatoms. The van der Waals surface area contributed by atoms with E-state index in [1.54, 1.807) is 30.3 Å². The Balaban J connectivity index is 1.72. The predicted octanol–water partition coefficient (Wildman–Crippen LogP) is 2.71. The molecule has 0 saturated heterocycles. The van der Waals surface area contributed by atoms with Gasteiger partial charge in [-0.1, -0.05) is 30.3 Å². The molecule has 2 rings (SSSR count). The maximum Gasteiger partial charge on any atom is 0.128 e. The summed E-state index contributed by atoms with van der Waals surface area (Å²) in [5.74, 6) is -0.301. The van der Waals surface area contributed by atoms with E-state index in [1.165, 1.54) is 6.07 Å². The molecule has 0 heterocycles. The van der Waals surface area contributed by atoms with Crippen LogP contribution >= 0.6 is 0 Å². The van der Waals surface area contributed by atoms with Gasteiger partial charge in [-0.15, -0.1) is 0 Å². The van der Waals surface area contributed by atoms with Crippen LogP contribution in [0.2, 0.25) is 0 Å². The number of halogens is 1. The zero-order valence-corrected chi connectivity index (χ0v) is 13.7. The molecule has 0 spiro atoms. The smallest absolute Gasteiger partial charge is 0.128 e. The average Bonchev–Trinajstić information content (AvgIpc) is 2.57. The highest BCUT2D eigenvalue weighted by atomic mass is 19.1. The van der Waals surface area contributed by atoms with Gasteiger partial charge in [-0.05, 0) is 30.8 Å². The van der Waals surface area contributed by atoms with Gasteiger partial charge in [-0.25, -0.2) is 4.39 Å². The fourth-order valence-corrected chi connectivity index (χ4v) is 2.39. The molecule has 0 aromatic heterocycles. The fourth-order valence-electron chi connectivity index (χ4n) is 2.39. The number of rotatable bonds is 8. The summed E-state index contributed by atoms with van der Waals surface area (Å²) in [5.41, 5.74) is 2.18. The third-order valence-corrected chi connectivity index (χ3v) is 3.58. The molecule has 1 unspecified atom stereocenters. The predicted molar refractivity (Wildman–Crippen MR) is 89.6 cm³/mol. The van der Waals surface area contributed by atoms with E-state index in [1.807, 2.05) is 24.1 Å². The van der Waals surface area contributed by atoms with Crippen molar-refractivity contribution in [1.29, 1.82) is 5.26 Å². The maximum absolute atomic E-state index is 13.4. The summed E-state index contributed by atoms with van der Waals surface area (Å²) in [5, 5.41) is 18.8. The molecule has 0 aliphatic heterocycles. The van der Waals surface area contributed by atoms with Gasteiger partial charge in [0.05, 0.1) is 31.0 Å². The summed E-state index contributed by atoms with van der Waals surface area (Å²) in [7, 11) is 1.90. The lowest BCUT2D eigenvalue weighted by molar-refractivity contribution is 0.0119. The number of aliphatic hydroxyl groups is 1. The number of ether oxygens (including phenoxy) is 1. The first-order valence-corrected chi connectivity index (χ1v) is 7.75. The molecule has 1 N–H and O–H groups in total. The van der Waals surface area contributed by atoms with Crippen LogP contribution in [0.5, 0.6) is 0 Å². The number of nitrogens with zero attached hydrogens (tertiary/aromatic N) is 2. The molecule has 0 amide bonds. The number of hydrogen-bond donors (Lipinski definition) is 1. The van der Waals surface area contributed by atoms with Gasteiger partial charge in [0, 0.05) is 18.7 Å². The van der Waals surface area contributed by atoms with Crippen LogP contribution in [0, 0.1) is 17.1 Å². The van der Waals surface area contributed by atoms with E-state index in [4.69, 9.17) is 10.00 Å². The van der Waals surface area contributed by atoms with Crippen LogP contribution in [0.3, 0.4) is 0 Å². The van der Waals surface area contributed by atoms with E-state index in [0.29, 0.717) is 24.2 Å². The zero-order chi connectivity index (χ0) is 17.4. The van der Waals surface area contributed by atoms with Gasteiger partial charge in [0.15, 0.2) is 0 Å². The van der Waals surface area contributed by atoms with Crippen molar-refractivity contribution >= 4 is 0 Å². The summed E-state index contributed by atoms with van der Waals surface area (Å²) in [6, 6.07) is 15.9. The average molecular weight is 328 g/mol. The topological polar surface area (TPSA) is 56.5 Å². The number of nitriles is 1. The lowest BCUT2D eigenvalue weighted by Gasteiger charge is -2.20. The molecule has 0 radical (unpaired) electrons. The SMILES string of the molecule is CN(Cc1ccc(C#N)cc1)CC(O)COCc1ccccc1F. The van der Waals surface area contributed by atoms with Crippen molar-refractivity contribution in [2.24, 2.45) is 0 Å². The molecule has 0 aliphatic rings. The second-order valence-electron chi connectivity index (χ2n) is 5.77. The molecule has 4 nitrogen and oxygen atoms in total. The number of benzene rings is 2. The van der Waals surface area contributed by atoms with Gasteiger partial charge < -0.3 is 9.84 Å². The minimum atomic E-state index is -0.653. The number of hydrogen-bond acceptors (Lipinski definition) is 4. The van der Waals surface area contributed by atoms with Crippen molar-refractivity contribution in [2.45, 2.75) is 19.3 Å². The molecule has 2 aromatic rings. The minimum absolute atomic E-state index is 0.142. The molecule has 24 heavy (non-hydrogen) atoms. The molecule has 126 valence electrons. The highest BCUT2D eigenvalue weighted by Gasteiger charge is 2.10. The molecular weight excluding hydrogens is 307 g/mol. The fraction of sp³-hybridized carbons (Fsp3) is 0.316. The Morgan fingerprint density at radius 2 is 1.92 bits per heavy atom. The van der Waals surface area contributed by atoms with Gasteiger partial charge in [-0.3, -0.25) is 4.90 Å². The van der Waals surface area contributed by atoms with Gasteiger partial charge in [0.1, 0.15) is 5.82 Å². The molecular formula is C19H21FN2O2. The summed E-state index contributed by atoms with van der Waals surface area (Å²) < 4.78 is 18.8. The van der Waals surface area contributed by atoms with Gasteiger partial charge in [0.25, 0.3) is 0 Å². The molecule has 0 bridgehead atoms. The van der Waals surface area contributed by atoms with Gasteiger partial charge in [0.2, 0.25) is 0 Å². The van der Waals surface area contributed by atoms with E-state index in [2.05, 4.69) is 6.07 Å². The molecule has 0 aliphatic carbocycles. The monoisotopic (exact) mass is 328 g/mol. The van der Waals surface area contributed by atoms with E-state index in [0.717, 1.165) is 5.56 Å². The number of likely N-dealkylation sites (N-methyl/N-ethyl adjacent to an activating group) is 1. The maximum atomic E-state index is 13.4. The van der Waals surface area contributed by atoms with Crippen molar-refractivity contribution in [1.82, 2.24) is 4.90 Å². The quantitative estimate of drug-likeness (QED) is 0.809. The Hall–Kier alpha value is -2.26. The first-order chi connectivity index (χ1) is 11.6. The first kappa shape index (κ1) is 18.1. The van der Waals surface area contributed by atoms with Crippen LogP contribution in [-0.2, 0) is 17.9 Å². The van der Waals surface area contributed by atoms with Crippen LogP contribution in [-0.4, -0.2) is 36.3 Å². The van der Waals surface area contributed by atoms with Crippen molar-refractivity contribution < 1.29 is 14.2 Å². The van der Waals surface area contributed by atoms with E-state index < -0.39 is 6.10 Å². The summed E-state index contributed by atoms with van der Waals surface area (Å²) in [6.45, 7) is 1.39. The van der Waals surface area contributed by atoms with Gasteiger partial charge >= 0.3 is 0 Å². The zero-order valence-electron chi connectivity index (χ0n) is 13.7. The standard InChI is InChI=1S/C19H21FN2O2/c1-22(11-16-8-6-15(10-21)7-9-16)12-18(23)14-24-13-17-4-2-3-5-19(17)20/h2-9,18,23H,11-14H2,1H3. The van der Waals surface area contributed by atoms with Crippen molar-refractivity contribution in [3.8, 4) is 6.07 Å². The van der Waals surface area contributed by atoms with Crippen LogP contribution in [0.25, 0.3) is 0 Å². The second-order valence-corrected chi connectivity index (χ2v) is 5.77. The van der Waals surface area contributed by atoms with E-state index in [9.17, 15) is 9.50 Å². The highest BCUT2D eigenvalue weighted by molar-refractivity contribution is 5.31. The summed E-state index contributed by atoms with van der Waals surface area (Å²) in [6.07, 6.45) is -0.653. The molecule has 0 saturated carbocycles. The summed E-state index contributed by atoms with van der Waals surface area (Å²) in [4.78, 5) is 1.97. The highest BCUT2D eigenvalue weighted by Crippen LogP contribution is 2.09. The van der Waals surface area contributed by atoms with Crippen LogP contribution < -0.4 is 0 Å². The summed E-state index contributed by atoms with van der Waals surface area (Å²) >= 11 is 0. The van der Waals surface area contributed by atoms with E-state index >= 15 is 0 Å². The third kappa shape index (κ3) is 5.74. The van der Waals surface area contributed by atoms with Crippen molar-refractivity contribution in [3.05, 3.63) is 71.0 Å². The number of aliphatic hydroxyl groups excluding tert-OH is 1. The van der Waals surface area contributed by atoms with Crippen LogP contribution in [0.4, 0.5) is 4.39 Å². The molecule has 0 fully saturated rings. The molecule has 2 aromatic carbocycles. The van der Waals surface area contributed by atoms with Gasteiger partial charge in [-0.2, -0.15) is 5.26 Å². The second kappa shape index (κ2) is 9.14. The van der Waals surface area contributed by atoms with E-state index in [-0.39, 0.29) is 19.0 Å². The Morgan fingerprint density at radius 1 is 1.21 bits per heavy atom. The van der Waals surface area contributed by atoms with Crippen molar-refractivity contribution in [2.75, 3.05) is 20.2 Å². The van der Waals surface area contributed by atoms with Crippen molar-refractivity contribution in [3.63, 3.8) is 0 Å². The molecule has 1 atom stereocenters. The first-order valence-electron chi connectivity index (χ1n) is 7.75. The third-order valence-electron chi connectivity index (χ3n) is 3.58. The Morgan fingerprint density at radius 3 is 2.58 bits per heavy atom. The lowest BCUT2D eigenvalue weighted by Crippen LogP contribution is -2.31. The minimum Gasteiger partial charge on any atom is -0.389 e. The normalized spacial score (nSPS) is 12.1. The lowest BCUT2D eigenvalue weighted by atomic mass is 10.1. The van der Waals surface area contributed by atoms with Crippen LogP contribution in [0.15, 0.2) is 48.5 Å². The Labute approximate surface area is 141 Å². The Kier molecular flexibility index (Phi) is 6.89. The van der Waals surface area contributed by atoms with Crippen LogP contribution in [0.1, 0.15) is 16.7 Å². The largest absolute Gasteiger partial charge is 0.389 e.